The Bertz CT molecular complexity index is 952. The molecule has 1 aromatic carbocycles. The van der Waals surface area contributed by atoms with Crippen molar-refractivity contribution in [2.75, 3.05) is 20.8 Å². The van der Waals surface area contributed by atoms with Crippen LogP contribution >= 0.6 is 12.2 Å². The summed E-state index contributed by atoms with van der Waals surface area (Å²) in [4.78, 5) is 13.0. The number of nitriles is 2. The summed E-state index contributed by atoms with van der Waals surface area (Å²) in [5.74, 6) is 0.285. The van der Waals surface area contributed by atoms with Crippen LogP contribution in [0, 0.1) is 34.0 Å². The van der Waals surface area contributed by atoms with Gasteiger partial charge in [-0.3, -0.25) is 4.79 Å². The molecule has 8 heteroatoms. The molecule has 0 bridgehead atoms. The standard InChI is InChI=1S/C21H21N3O4S/c1-26-17-6-5-13(9-18(17)27-2)16(25)12-28-19-14(10-22)21(7-3-4-8-21)15(11-23)20(29)24-19/h5-6,9,15H,3-4,7-8,12H2,1-2H3,(H,24,29)/t15-/m1/s1. The van der Waals surface area contributed by atoms with Gasteiger partial charge in [-0.15, -0.1) is 0 Å². The molecule has 0 unspecified atom stereocenters. The van der Waals surface area contributed by atoms with Crippen LogP contribution in [0.5, 0.6) is 11.5 Å². The molecule has 1 aromatic rings. The number of nitrogens with zero attached hydrogens (tertiary/aromatic N) is 2. The lowest BCUT2D eigenvalue weighted by atomic mass is 9.67. The van der Waals surface area contributed by atoms with E-state index in [0.29, 0.717) is 40.5 Å². The molecule has 0 radical (unpaired) electrons. The smallest absolute Gasteiger partial charge is 0.206 e. The Morgan fingerprint density at radius 2 is 1.93 bits per heavy atom. The zero-order valence-electron chi connectivity index (χ0n) is 16.3. The van der Waals surface area contributed by atoms with Crippen molar-refractivity contribution >= 4 is 23.0 Å². The van der Waals surface area contributed by atoms with E-state index in [9.17, 15) is 15.3 Å². The summed E-state index contributed by atoms with van der Waals surface area (Å²) in [5, 5.41) is 22.3. The van der Waals surface area contributed by atoms with Crippen molar-refractivity contribution in [3.05, 3.63) is 35.2 Å². The highest BCUT2D eigenvalue weighted by atomic mass is 32.1. The lowest BCUT2D eigenvalue weighted by molar-refractivity contribution is 0.0838. The first-order chi connectivity index (χ1) is 14.0. The molecule has 1 saturated carbocycles. The van der Waals surface area contributed by atoms with E-state index < -0.39 is 11.3 Å². The van der Waals surface area contributed by atoms with Crippen LogP contribution in [-0.4, -0.2) is 31.6 Å². The molecule has 1 aliphatic heterocycles. The van der Waals surface area contributed by atoms with Crippen molar-refractivity contribution in [1.29, 1.82) is 10.5 Å². The van der Waals surface area contributed by atoms with E-state index in [2.05, 4.69) is 17.5 Å². The fraction of sp³-hybridized carbons (Fsp3) is 0.429. The molecule has 1 N–H and O–H groups in total. The predicted octanol–water partition coefficient (Wildman–Crippen LogP) is 3.27. The van der Waals surface area contributed by atoms with Gasteiger partial charge in [-0.2, -0.15) is 10.5 Å². The van der Waals surface area contributed by atoms with Crippen molar-refractivity contribution in [3.8, 4) is 23.6 Å². The Morgan fingerprint density at radius 3 is 2.52 bits per heavy atom. The molecule has 150 valence electrons. The second-order valence-electron chi connectivity index (χ2n) is 7.01. The monoisotopic (exact) mass is 411 g/mol. The predicted molar refractivity (Wildman–Crippen MR) is 108 cm³/mol. The first kappa shape index (κ1) is 20.6. The van der Waals surface area contributed by atoms with E-state index in [1.54, 1.807) is 18.2 Å². The van der Waals surface area contributed by atoms with Crippen molar-refractivity contribution in [2.24, 2.45) is 11.3 Å². The van der Waals surface area contributed by atoms with Crippen LogP contribution < -0.4 is 14.8 Å². The number of carbonyl (C=O) groups excluding carboxylic acids is 1. The molecule has 0 aromatic heterocycles. The van der Waals surface area contributed by atoms with Crippen molar-refractivity contribution in [3.63, 3.8) is 0 Å². The van der Waals surface area contributed by atoms with Crippen LogP contribution in [0.4, 0.5) is 0 Å². The largest absolute Gasteiger partial charge is 0.493 e. The van der Waals surface area contributed by atoms with Crippen LogP contribution in [0.25, 0.3) is 0 Å². The summed E-state index contributed by atoms with van der Waals surface area (Å²) in [7, 11) is 3.01. The molecule has 1 aliphatic carbocycles. The van der Waals surface area contributed by atoms with Gasteiger partial charge in [0.05, 0.1) is 25.9 Å². The van der Waals surface area contributed by atoms with Crippen LogP contribution in [0.3, 0.4) is 0 Å². The van der Waals surface area contributed by atoms with E-state index in [0.717, 1.165) is 12.8 Å². The SMILES string of the molecule is COc1ccc(C(=O)COC2=C(C#N)C3(CCCC3)[C@H](C#N)C(=S)N2)cc1OC. The zero-order chi connectivity index (χ0) is 21.0. The van der Waals surface area contributed by atoms with Crippen LogP contribution in [0.2, 0.25) is 0 Å². The lowest BCUT2D eigenvalue weighted by Crippen LogP contribution is -2.46. The summed E-state index contributed by atoms with van der Waals surface area (Å²) < 4.78 is 16.1. The molecule has 1 spiro atoms. The molecular weight excluding hydrogens is 390 g/mol. The van der Waals surface area contributed by atoms with Crippen LogP contribution in [0.1, 0.15) is 36.0 Å². The number of carbonyl (C=O) groups is 1. The molecular formula is C21H21N3O4S. The number of allylic oxidation sites excluding steroid dienone is 1. The number of methoxy groups -OCH3 is 2. The maximum atomic E-state index is 12.6. The summed E-state index contributed by atoms with van der Waals surface area (Å²) in [6, 6.07) is 9.29. The highest BCUT2D eigenvalue weighted by Crippen LogP contribution is 2.52. The lowest BCUT2D eigenvalue weighted by Gasteiger charge is -2.38. The topological polar surface area (TPSA) is 104 Å². The Morgan fingerprint density at radius 1 is 1.24 bits per heavy atom. The normalized spacial score (nSPS) is 19.9. The average molecular weight is 411 g/mol. The van der Waals surface area contributed by atoms with Gasteiger partial charge in [0.15, 0.2) is 23.9 Å². The molecule has 2 aliphatic rings. The second-order valence-corrected chi connectivity index (χ2v) is 7.45. The highest BCUT2D eigenvalue weighted by Gasteiger charge is 2.51. The molecule has 0 amide bonds. The zero-order valence-corrected chi connectivity index (χ0v) is 17.1. The highest BCUT2D eigenvalue weighted by molar-refractivity contribution is 7.80. The molecule has 0 saturated heterocycles. The maximum Gasteiger partial charge on any atom is 0.206 e. The third-order valence-electron chi connectivity index (χ3n) is 5.57. The summed E-state index contributed by atoms with van der Waals surface area (Å²) >= 11 is 5.37. The van der Waals surface area contributed by atoms with Gasteiger partial charge in [0, 0.05) is 11.0 Å². The van der Waals surface area contributed by atoms with E-state index >= 15 is 0 Å². The first-order valence-corrected chi connectivity index (χ1v) is 9.65. The van der Waals surface area contributed by atoms with E-state index in [1.165, 1.54) is 14.2 Å². The van der Waals surface area contributed by atoms with Gasteiger partial charge in [0.2, 0.25) is 5.88 Å². The number of hydrogen-bond acceptors (Lipinski definition) is 7. The minimum absolute atomic E-state index is 0.180. The molecule has 1 fully saturated rings. The number of Topliss-reactive ketones (excluding diaryl/α,β-unsaturated/α-hetero) is 1. The molecule has 7 nitrogen and oxygen atoms in total. The first-order valence-electron chi connectivity index (χ1n) is 9.24. The van der Waals surface area contributed by atoms with E-state index in [-0.39, 0.29) is 18.3 Å². The molecule has 29 heavy (non-hydrogen) atoms. The van der Waals surface area contributed by atoms with Gasteiger partial charge in [0.25, 0.3) is 0 Å². The van der Waals surface area contributed by atoms with Crippen molar-refractivity contribution in [2.45, 2.75) is 25.7 Å². The number of ketones is 1. The van der Waals surface area contributed by atoms with Crippen LogP contribution in [-0.2, 0) is 4.74 Å². The van der Waals surface area contributed by atoms with E-state index in [1.807, 2.05) is 0 Å². The van der Waals surface area contributed by atoms with Gasteiger partial charge in [-0.1, -0.05) is 25.1 Å². The van der Waals surface area contributed by atoms with Crippen LogP contribution in [0.15, 0.2) is 29.7 Å². The number of rotatable bonds is 6. The summed E-state index contributed by atoms with van der Waals surface area (Å²) in [6.45, 7) is -0.279. The maximum absolute atomic E-state index is 12.6. The minimum atomic E-state index is -0.631. The van der Waals surface area contributed by atoms with Crippen molar-refractivity contribution in [1.82, 2.24) is 5.32 Å². The van der Waals surface area contributed by atoms with Gasteiger partial charge < -0.3 is 19.5 Å². The second kappa shape index (κ2) is 8.50. The number of benzene rings is 1. The van der Waals surface area contributed by atoms with Gasteiger partial charge in [-0.05, 0) is 31.0 Å². The number of thiocarbonyl (C=S) groups is 1. The fourth-order valence-electron chi connectivity index (χ4n) is 4.10. The minimum Gasteiger partial charge on any atom is -0.493 e. The summed E-state index contributed by atoms with van der Waals surface area (Å²) in [5.41, 5.74) is 0.133. The Kier molecular flexibility index (Phi) is 6.05. The third kappa shape index (κ3) is 3.64. The average Bonchev–Trinajstić information content (AvgIpc) is 3.21. The third-order valence-corrected chi connectivity index (χ3v) is 5.90. The van der Waals surface area contributed by atoms with Crippen molar-refractivity contribution < 1.29 is 19.0 Å². The quantitative estimate of drug-likeness (QED) is 0.562. The van der Waals surface area contributed by atoms with Gasteiger partial charge in [-0.25, -0.2) is 0 Å². The Hall–Kier alpha value is -3.10. The summed E-state index contributed by atoms with van der Waals surface area (Å²) in [6.07, 6.45) is 3.24. The van der Waals surface area contributed by atoms with Gasteiger partial charge in [0.1, 0.15) is 17.0 Å². The van der Waals surface area contributed by atoms with Gasteiger partial charge >= 0.3 is 0 Å². The number of hydrogen-bond donors (Lipinski definition) is 1. The Balaban J connectivity index is 1.85. The molecule has 1 atom stereocenters. The molecule has 3 rings (SSSR count). The number of ether oxygens (including phenoxy) is 3. The fourth-order valence-corrected chi connectivity index (χ4v) is 4.47. The van der Waals surface area contributed by atoms with E-state index in [4.69, 9.17) is 26.4 Å². The molecule has 1 heterocycles. The Labute approximate surface area is 174 Å². The number of nitrogens with one attached hydrogen (secondary N) is 1.